The summed E-state index contributed by atoms with van der Waals surface area (Å²) in [5.74, 6) is -0.849. The van der Waals surface area contributed by atoms with Crippen LogP contribution in [0.2, 0.25) is 5.02 Å². The maximum atomic E-state index is 13.7. The summed E-state index contributed by atoms with van der Waals surface area (Å²) in [5, 5.41) is 2.02. The standard InChI is InChI=1S/C16H11ClFNO2S/c17-13-6-8-15(18)16(10-13)22(20,21)19-14-7-5-11-3-1-2-4-12(11)9-14/h1-10,19H. The van der Waals surface area contributed by atoms with E-state index in [1.165, 1.54) is 6.07 Å². The van der Waals surface area contributed by atoms with E-state index in [0.29, 0.717) is 5.69 Å². The monoisotopic (exact) mass is 335 g/mol. The van der Waals surface area contributed by atoms with Gasteiger partial charge in [-0.3, -0.25) is 4.72 Å². The minimum Gasteiger partial charge on any atom is -0.280 e. The Morgan fingerprint density at radius 3 is 2.41 bits per heavy atom. The van der Waals surface area contributed by atoms with Gasteiger partial charge in [0.15, 0.2) is 0 Å². The molecule has 0 aliphatic heterocycles. The van der Waals surface area contributed by atoms with Crippen molar-refractivity contribution < 1.29 is 12.8 Å². The van der Waals surface area contributed by atoms with E-state index in [0.717, 1.165) is 22.9 Å². The van der Waals surface area contributed by atoms with Gasteiger partial charge in [-0.25, -0.2) is 12.8 Å². The third kappa shape index (κ3) is 2.91. The summed E-state index contributed by atoms with van der Waals surface area (Å²) in [6.45, 7) is 0. The van der Waals surface area contributed by atoms with Gasteiger partial charge in [-0.1, -0.05) is 41.9 Å². The van der Waals surface area contributed by atoms with Gasteiger partial charge in [0.1, 0.15) is 10.7 Å². The zero-order chi connectivity index (χ0) is 15.7. The Kier molecular flexibility index (Phi) is 3.76. The summed E-state index contributed by atoms with van der Waals surface area (Å²) in [6.07, 6.45) is 0. The molecule has 0 saturated heterocycles. The fraction of sp³-hybridized carbons (Fsp3) is 0. The Balaban J connectivity index is 2.01. The molecule has 3 rings (SSSR count). The number of halogens is 2. The van der Waals surface area contributed by atoms with Crippen molar-refractivity contribution >= 4 is 38.1 Å². The fourth-order valence-electron chi connectivity index (χ4n) is 2.15. The lowest BCUT2D eigenvalue weighted by Crippen LogP contribution is -2.14. The first-order chi connectivity index (χ1) is 10.5. The lowest BCUT2D eigenvalue weighted by Gasteiger charge is -2.10. The number of rotatable bonds is 3. The number of anilines is 1. The van der Waals surface area contributed by atoms with Crippen molar-refractivity contribution in [2.24, 2.45) is 0 Å². The van der Waals surface area contributed by atoms with Crippen molar-refractivity contribution in [3.8, 4) is 0 Å². The zero-order valence-electron chi connectivity index (χ0n) is 11.3. The average molecular weight is 336 g/mol. The number of sulfonamides is 1. The second-order valence-electron chi connectivity index (χ2n) is 4.74. The third-order valence-corrected chi connectivity index (χ3v) is 4.82. The zero-order valence-corrected chi connectivity index (χ0v) is 12.8. The number of hydrogen-bond acceptors (Lipinski definition) is 2. The first-order valence-electron chi connectivity index (χ1n) is 6.42. The van der Waals surface area contributed by atoms with Crippen LogP contribution in [0.3, 0.4) is 0 Å². The quantitative estimate of drug-likeness (QED) is 0.769. The maximum absolute atomic E-state index is 13.7. The van der Waals surface area contributed by atoms with Gasteiger partial charge in [0.25, 0.3) is 10.0 Å². The van der Waals surface area contributed by atoms with Crippen LogP contribution in [-0.2, 0) is 10.0 Å². The van der Waals surface area contributed by atoms with Crippen molar-refractivity contribution in [3.63, 3.8) is 0 Å². The molecule has 0 saturated carbocycles. The first kappa shape index (κ1) is 14.8. The van der Waals surface area contributed by atoms with Gasteiger partial charge in [-0.2, -0.15) is 0 Å². The van der Waals surface area contributed by atoms with Crippen molar-refractivity contribution in [2.75, 3.05) is 4.72 Å². The highest BCUT2D eigenvalue weighted by Gasteiger charge is 2.19. The van der Waals surface area contributed by atoms with E-state index in [9.17, 15) is 12.8 Å². The summed E-state index contributed by atoms with van der Waals surface area (Å²) in [6, 6.07) is 16.1. The molecule has 0 atom stereocenters. The third-order valence-electron chi connectivity index (χ3n) is 3.18. The molecule has 1 N–H and O–H groups in total. The van der Waals surface area contributed by atoms with Gasteiger partial charge in [-0.15, -0.1) is 0 Å². The summed E-state index contributed by atoms with van der Waals surface area (Å²) >= 11 is 5.75. The molecule has 0 aliphatic rings. The SMILES string of the molecule is O=S(=O)(Nc1ccc2ccccc2c1)c1cc(Cl)ccc1F. The smallest absolute Gasteiger partial charge is 0.264 e. The minimum atomic E-state index is -4.04. The minimum absolute atomic E-state index is 0.153. The first-order valence-corrected chi connectivity index (χ1v) is 8.28. The van der Waals surface area contributed by atoms with Crippen molar-refractivity contribution in [1.29, 1.82) is 0 Å². The van der Waals surface area contributed by atoms with Gasteiger partial charge in [-0.05, 0) is 41.1 Å². The summed E-state index contributed by atoms with van der Waals surface area (Å²) < 4.78 is 40.7. The highest BCUT2D eigenvalue weighted by molar-refractivity contribution is 7.92. The van der Waals surface area contributed by atoms with E-state index in [2.05, 4.69) is 4.72 Å². The Morgan fingerprint density at radius 2 is 1.64 bits per heavy atom. The van der Waals surface area contributed by atoms with Gasteiger partial charge >= 0.3 is 0 Å². The van der Waals surface area contributed by atoms with Crippen LogP contribution >= 0.6 is 11.6 Å². The molecule has 0 fully saturated rings. The molecule has 112 valence electrons. The second-order valence-corrected chi connectivity index (χ2v) is 6.83. The van der Waals surface area contributed by atoms with Gasteiger partial charge < -0.3 is 0 Å². The molecule has 6 heteroatoms. The van der Waals surface area contributed by atoms with E-state index in [1.54, 1.807) is 18.2 Å². The lowest BCUT2D eigenvalue weighted by molar-refractivity contribution is 0.570. The molecular weight excluding hydrogens is 325 g/mol. The molecule has 0 spiro atoms. The maximum Gasteiger partial charge on any atom is 0.264 e. The number of hydrogen-bond donors (Lipinski definition) is 1. The number of nitrogens with one attached hydrogen (secondary N) is 1. The van der Waals surface area contributed by atoms with Gasteiger partial charge in [0.05, 0.1) is 0 Å². The van der Waals surface area contributed by atoms with Crippen LogP contribution in [0.5, 0.6) is 0 Å². The number of benzene rings is 3. The molecule has 0 aliphatic carbocycles. The predicted molar refractivity (Wildman–Crippen MR) is 86.2 cm³/mol. The molecule has 0 heterocycles. The average Bonchev–Trinajstić information content (AvgIpc) is 2.49. The Morgan fingerprint density at radius 1 is 0.909 bits per heavy atom. The van der Waals surface area contributed by atoms with Crippen LogP contribution in [0, 0.1) is 5.82 Å². The Bertz CT molecular complexity index is 957. The van der Waals surface area contributed by atoms with Crippen molar-refractivity contribution in [2.45, 2.75) is 4.90 Å². The van der Waals surface area contributed by atoms with E-state index < -0.39 is 20.7 Å². The van der Waals surface area contributed by atoms with Gasteiger partial charge in [0.2, 0.25) is 0 Å². The molecule has 0 radical (unpaired) electrons. The van der Waals surface area contributed by atoms with Crippen LogP contribution in [0.1, 0.15) is 0 Å². The van der Waals surface area contributed by atoms with Crippen molar-refractivity contribution in [3.05, 3.63) is 71.5 Å². The molecule has 0 bridgehead atoms. The van der Waals surface area contributed by atoms with E-state index in [4.69, 9.17) is 11.6 Å². The Hall–Kier alpha value is -2.11. The van der Waals surface area contributed by atoms with Crippen LogP contribution in [0.15, 0.2) is 65.6 Å². The Labute approximate surface area is 132 Å². The van der Waals surface area contributed by atoms with Crippen LogP contribution in [0.25, 0.3) is 10.8 Å². The van der Waals surface area contributed by atoms with E-state index in [1.807, 2.05) is 24.3 Å². The number of fused-ring (bicyclic) bond motifs is 1. The van der Waals surface area contributed by atoms with E-state index >= 15 is 0 Å². The molecule has 0 aromatic heterocycles. The van der Waals surface area contributed by atoms with Crippen LogP contribution < -0.4 is 4.72 Å². The normalized spacial score (nSPS) is 11.5. The molecule has 3 nitrogen and oxygen atoms in total. The molecule has 3 aromatic carbocycles. The predicted octanol–water partition coefficient (Wildman–Crippen LogP) is 4.43. The van der Waals surface area contributed by atoms with Crippen LogP contribution in [0.4, 0.5) is 10.1 Å². The van der Waals surface area contributed by atoms with Gasteiger partial charge in [0, 0.05) is 10.7 Å². The fourth-order valence-corrected chi connectivity index (χ4v) is 3.54. The highest BCUT2D eigenvalue weighted by atomic mass is 35.5. The molecule has 0 unspecified atom stereocenters. The molecule has 22 heavy (non-hydrogen) atoms. The highest BCUT2D eigenvalue weighted by Crippen LogP contribution is 2.24. The largest absolute Gasteiger partial charge is 0.280 e. The van der Waals surface area contributed by atoms with Crippen LogP contribution in [-0.4, -0.2) is 8.42 Å². The molecule has 3 aromatic rings. The molecular formula is C16H11ClFNO2S. The lowest BCUT2D eigenvalue weighted by atomic mass is 10.1. The molecule has 0 amide bonds. The second kappa shape index (κ2) is 5.59. The summed E-state index contributed by atoms with van der Waals surface area (Å²) in [4.78, 5) is -0.479. The topological polar surface area (TPSA) is 46.2 Å². The van der Waals surface area contributed by atoms with E-state index in [-0.39, 0.29) is 5.02 Å². The summed E-state index contributed by atoms with van der Waals surface area (Å²) in [5.41, 5.74) is 0.359. The summed E-state index contributed by atoms with van der Waals surface area (Å²) in [7, 11) is -4.04. The van der Waals surface area contributed by atoms with Crippen molar-refractivity contribution in [1.82, 2.24) is 0 Å².